The van der Waals surface area contributed by atoms with Crippen molar-refractivity contribution < 1.29 is 22.4 Å². The molecule has 11 nitrogen and oxygen atoms in total. The first-order chi connectivity index (χ1) is 19.1. The largest absolute Gasteiger partial charge is 0.464 e. The second-order valence-corrected chi connectivity index (χ2v) is 12.3. The number of anilines is 1. The van der Waals surface area contributed by atoms with Crippen molar-refractivity contribution in [1.82, 2.24) is 24.6 Å². The number of carbonyl (C=O) groups excluding carboxylic acids is 2. The Morgan fingerprint density at radius 3 is 2.40 bits per heavy atom. The average molecular weight is 565 g/mol. The molecule has 210 valence electrons. The molecule has 0 saturated heterocycles. The summed E-state index contributed by atoms with van der Waals surface area (Å²) in [7, 11) is -0.799. The number of fused-ring (bicyclic) bond motifs is 1. The van der Waals surface area contributed by atoms with Gasteiger partial charge in [-0.2, -0.15) is 0 Å². The van der Waals surface area contributed by atoms with Gasteiger partial charge >= 0.3 is 0 Å². The van der Waals surface area contributed by atoms with E-state index in [0.29, 0.717) is 28.2 Å². The standard InChI is InChI=1S/C28H32N6O5S/c1-19-12-17-25(39-19)27(28(36)29-20-8-4-5-9-20)34(21-13-15-22(16-14-21)40(37,38)32(2)3)26(35)18-33-24-11-7-6-10-23(24)30-31-33/h6-7,10-17,20,27H,4-5,8-9,18H2,1-3H3,(H,29,36). The normalized spacial score (nSPS) is 15.0. The Morgan fingerprint density at radius 1 is 1.05 bits per heavy atom. The van der Waals surface area contributed by atoms with Gasteiger partial charge in [-0.3, -0.25) is 14.5 Å². The lowest BCUT2D eigenvalue weighted by molar-refractivity contribution is -0.127. The molecule has 1 aliphatic rings. The van der Waals surface area contributed by atoms with Crippen LogP contribution in [0.2, 0.25) is 0 Å². The number of carbonyl (C=O) groups is 2. The van der Waals surface area contributed by atoms with E-state index in [1.807, 2.05) is 18.2 Å². The molecule has 2 heterocycles. The summed E-state index contributed by atoms with van der Waals surface area (Å²) in [5, 5.41) is 11.4. The number of aryl methyl sites for hydroxylation is 1. The monoisotopic (exact) mass is 564 g/mol. The Bertz CT molecular complexity index is 1620. The van der Waals surface area contributed by atoms with E-state index in [1.54, 1.807) is 25.1 Å². The van der Waals surface area contributed by atoms with E-state index in [4.69, 9.17) is 4.42 Å². The van der Waals surface area contributed by atoms with Gasteiger partial charge in [-0.25, -0.2) is 17.4 Å². The maximum absolute atomic E-state index is 14.1. The minimum Gasteiger partial charge on any atom is -0.464 e. The molecule has 1 saturated carbocycles. The van der Waals surface area contributed by atoms with Crippen molar-refractivity contribution in [2.45, 2.75) is 56.1 Å². The van der Waals surface area contributed by atoms with Crippen LogP contribution in [0.15, 0.2) is 70.0 Å². The highest BCUT2D eigenvalue weighted by Gasteiger charge is 2.37. The zero-order chi connectivity index (χ0) is 28.4. The molecule has 0 aliphatic heterocycles. The van der Waals surface area contributed by atoms with Gasteiger partial charge in [0.1, 0.15) is 23.6 Å². The number of amides is 2. The van der Waals surface area contributed by atoms with Gasteiger partial charge in [0.05, 0.1) is 10.4 Å². The molecule has 0 spiro atoms. The summed E-state index contributed by atoms with van der Waals surface area (Å²) in [5.74, 6) is 0.0769. The minimum absolute atomic E-state index is 0.00915. The lowest BCUT2D eigenvalue weighted by Crippen LogP contribution is -2.47. The number of para-hydroxylation sites is 1. The third kappa shape index (κ3) is 5.50. The molecule has 40 heavy (non-hydrogen) atoms. The first-order valence-corrected chi connectivity index (χ1v) is 14.6. The fourth-order valence-corrected chi connectivity index (χ4v) is 5.89. The van der Waals surface area contributed by atoms with Crippen molar-refractivity contribution in [3.63, 3.8) is 0 Å². The summed E-state index contributed by atoms with van der Waals surface area (Å²) in [6, 6.07) is 15.5. The maximum atomic E-state index is 14.1. The molecular formula is C28H32N6O5S. The second kappa shape index (κ2) is 11.2. The molecule has 4 aromatic rings. The van der Waals surface area contributed by atoms with E-state index in [9.17, 15) is 18.0 Å². The Balaban J connectivity index is 1.58. The number of hydrogen-bond donors (Lipinski definition) is 1. The van der Waals surface area contributed by atoms with Crippen LogP contribution in [0.1, 0.15) is 43.2 Å². The van der Waals surface area contributed by atoms with E-state index in [-0.39, 0.29) is 23.4 Å². The number of hydrogen-bond acceptors (Lipinski definition) is 7. The second-order valence-electron chi connectivity index (χ2n) is 10.1. The maximum Gasteiger partial charge on any atom is 0.251 e. The van der Waals surface area contributed by atoms with Crippen LogP contribution in [-0.4, -0.2) is 59.7 Å². The number of aromatic nitrogens is 3. The molecule has 0 radical (unpaired) electrons. The molecule has 1 atom stereocenters. The summed E-state index contributed by atoms with van der Waals surface area (Å²) in [6.07, 6.45) is 3.79. The number of furan rings is 1. The predicted molar refractivity (Wildman–Crippen MR) is 149 cm³/mol. The summed E-state index contributed by atoms with van der Waals surface area (Å²) < 4.78 is 33.9. The first kappa shape index (κ1) is 27.5. The molecule has 1 fully saturated rings. The highest BCUT2D eigenvalue weighted by Crippen LogP contribution is 2.32. The molecular weight excluding hydrogens is 532 g/mol. The molecule has 1 unspecified atom stereocenters. The van der Waals surface area contributed by atoms with Crippen molar-refractivity contribution in [2.75, 3.05) is 19.0 Å². The fraction of sp³-hybridized carbons (Fsp3) is 0.357. The van der Waals surface area contributed by atoms with Crippen LogP contribution >= 0.6 is 0 Å². The fourth-order valence-electron chi connectivity index (χ4n) is 4.99. The smallest absolute Gasteiger partial charge is 0.251 e. The third-order valence-corrected chi connectivity index (χ3v) is 8.94. The van der Waals surface area contributed by atoms with Crippen LogP contribution in [0.4, 0.5) is 5.69 Å². The average Bonchev–Trinajstić information content (AvgIpc) is 3.69. The van der Waals surface area contributed by atoms with Crippen molar-refractivity contribution in [3.05, 3.63) is 72.2 Å². The van der Waals surface area contributed by atoms with Crippen molar-refractivity contribution in [3.8, 4) is 0 Å². The van der Waals surface area contributed by atoms with Gasteiger partial charge in [0.15, 0.2) is 6.04 Å². The van der Waals surface area contributed by atoms with E-state index < -0.39 is 22.0 Å². The Kier molecular flexibility index (Phi) is 7.72. The third-order valence-electron chi connectivity index (χ3n) is 7.11. The van der Waals surface area contributed by atoms with E-state index >= 15 is 0 Å². The van der Waals surface area contributed by atoms with Gasteiger partial charge in [0.2, 0.25) is 15.9 Å². The quantitative estimate of drug-likeness (QED) is 0.330. The number of nitrogens with one attached hydrogen (secondary N) is 1. The highest BCUT2D eigenvalue weighted by atomic mass is 32.2. The number of benzene rings is 2. The van der Waals surface area contributed by atoms with Crippen molar-refractivity contribution >= 4 is 38.6 Å². The van der Waals surface area contributed by atoms with Gasteiger partial charge in [0, 0.05) is 25.8 Å². The zero-order valence-electron chi connectivity index (χ0n) is 22.6. The van der Waals surface area contributed by atoms with Gasteiger partial charge in [-0.05, 0) is 68.3 Å². The van der Waals surface area contributed by atoms with Gasteiger partial charge in [0.25, 0.3) is 5.91 Å². The number of nitrogens with zero attached hydrogens (tertiary/aromatic N) is 5. The van der Waals surface area contributed by atoms with Crippen LogP contribution in [0.5, 0.6) is 0 Å². The first-order valence-electron chi connectivity index (χ1n) is 13.1. The molecule has 2 aromatic heterocycles. The molecule has 12 heteroatoms. The van der Waals surface area contributed by atoms with Gasteiger partial charge in [-0.1, -0.05) is 30.2 Å². The van der Waals surface area contributed by atoms with E-state index in [1.165, 1.54) is 47.9 Å². The molecule has 1 N–H and O–H groups in total. The Morgan fingerprint density at radius 2 is 1.75 bits per heavy atom. The number of sulfonamides is 1. The Labute approximate surface area is 232 Å². The molecule has 1 aliphatic carbocycles. The van der Waals surface area contributed by atoms with Crippen molar-refractivity contribution in [1.29, 1.82) is 0 Å². The van der Waals surface area contributed by atoms with Gasteiger partial charge < -0.3 is 9.73 Å². The SMILES string of the molecule is Cc1ccc(C(C(=O)NC2CCCC2)N(C(=O)Cn2nnc3ccccc32)c2ccc(S(=O)(=O)N(C)C)cc2)o1. The molecule has 5 rings (SSSR count). The summed E-state index contributed by atoms with van der Waals surface area (Å²) in [6.45, 7) is 1.56. The predicted octanol–water partition coefficient (Wildman–Crippen LogP) is 3.42. The molecule has 0 bridgehead atoms. The lowest BCUT2D eigenvalue weighted by atomic mass is 10.1. The van der Waals surface area contributed by atoms with Crippen LogP contribution in [0, 0.1) is 6.92 Å². The summed E-state index contributed by atoms with van der Waals surface area (Å²) >= 11 is 0. The zero-order valence-corrected chi connectivity index (χ0v) is 23.5. The molecule has 2 amide bonds. The summed E-state index contributed by atoms with van der Waals surface area (Å²) in [5.41, 5.74) is 1.65. The van der Waals surface area contributed by atoms with Crippen LogP contribution in [-0.2, 0) is 26.2 Å². The highest BCUT2D eigenvalue weighted by molar-refractivity contribution is 7.89. The minimum atomic E-state index is -3.70. The topological polar surface area (TPSA) is 131 Å². The lowest BCUT2D eigenvalue weighted by Gasteiger charge is -2.31. The van der Waals surface area contributed by atoms with Crippen molar-refractivity contribution in [2.24, 2.45) is 0 Å². The summed E-state index contributed by atoms with van der Waals surface area (Å²) in [4.78, 5) is 29.4. The molecule has 2 aromatic carbocycles. The van der Waals surface area contributed by atoms with E-state index in [2.05, 4.69) is 15.6 Å². The Hall–Kier alpha value is -4.03. The van der Waals surface area contributed by atoms with Crippen LogP contribution in [0.3, 0.4) is 0 Å². The van der Waals surface area contributed by atoms with Gasteiger partial charge in [-0.15, -0.1) is 5.10 Å². The van der Waals surface area contributed by atoms with Crippen LogP contribution in [0.25, 0.3) is 11.0 Å². The van der Waals surface area contributed by atoms with E-state index in [0.717, 1.165) is 30.0 Å². The van der Waals surface area contributed by atoms with Crippen LogP contribution < -0.4 is 10.2 Å². The number of rotatable bonds is 9.